The summed E-state index contributed by atoms with van der Waals surface area (Å²) in [6.45, 7) is 2.53. The molecule has 2 aromatic carbocycles. The Balaban J connectivity index is 2.21. The maximum atomic E-state index is 12.2. The van der Waals surface area contributed by atoms with E-state index in [-0.39, 0.29) is 22.6 Å². The van der Waals surface area contributed by atoms with Crippen LogP contribution in [0.5, 0.6) is 11.5 Å². The lowest BCUT2D eigenvalue weighted by Gasteiger charge is -2.10. The van der Waals surface area contributed by atoms with Crippen LogP contribution in [0.1, 0.15) is 34.1 Å². The van der Waals surface area contributed by atoms with E-state index in [0.717, 1.165) is 18.6 Å². The summed E-state index contributed by atoms with van der Waals surface area (Å²) in [5.74, 6) is -0.143. The predicted molar refractivity (Wildman–Crippen MR) is 93.4 cm³/mol. The number of non-ortho nitro benzene ring substituents is 1. The van der Waals surface area contributed by atoms with Crippen LogP contribution in [0.25, 0.3) is 0 Å². The Bertz CT molecular complexity index is 821. The van der Waals surface area contributed by atoms with Crippen LogP contribution in [0.4, 0.5) is 5.69 Å². The molecule has 0 atom stereocenters. The zero-order valence-electron chi connectivity index (χ0n) is 13.2. The van der Waals surface area contributed by atoms with Crippen LogP contribution in [0, 0.1) is 10.1 Å². The summed E-state index contributed by atoms with van der Waals surface area (Å²) in [7, 11) is 0. The highest BCUT2D eigenvalue weighted by Crippen LogP contribution is 2.28. The van der Waals surface area contributed by atoms with Crippen molar-refractivity contribution in [2.75, 3.05) is 6.61 Å². The molecule has 0 aliphatic carbocycles. The molecule has 0 spiro atoms. The third kappa shape index (κ3) is 4.63. The van der Waals surface area contributed by atoms with Crippen LogP contribution in [-0.4, -0.2) is 23.8 Å². The van der Waals surface area contributed by atoms with Gasteiger partial charge in [-0.05, 0) is 46.6 Å². The summed E-state index contributed by atoms with van der Waals surface area (Å²) in [6, 6.07) is 8.13. The molecule has 0 aromatic heterocycles. The number of nitrogens with zero attached hydrogens (tertiary/aromatic N) is 1. The van der Waals surface area contributed by atoms with Crippen molar-refractivity contribution in [2.24, 2.45) is 0 Å². The molecular weight excluding hydrogens is 394 g/mol. The molecule has 0 saturated carbocycles. The lowest BCUT2D eigenvalue weighted by Crippen LogP contribution is -2.10. The molecule has 0 amide bonds. The van der Waals surface area contributed by atoms with Crippen LogP contribution in [-0.2, 0) is 0 Å². The topological polar surface area (TPSA) is 95.7 Å². The number of esters is 1. The van der Waals surface area contributed by atoms with Crippen molar-refractivity contribution in [3.05, 3.63) is 62.1 Å². The Morgan fingerprint density at radius 2 is 1.96 bits per heavy atom. The number of aldehydes is 1. The second-order valence-electron chi connectivity index (χ2n) is 4.98. The number of hydrogen-bond acceptors (Lipinski definition) is 6. The molecule has 2 aromatic rings. The highest BCUT2D eigenvalue weighted by molar-refractivity contribution is 9.10. The quantitative estimate of drug-likeness (QED) is 0.224. The van der Waals surface area contributed by atoms with Crippen LogP contribution in [0.15, 0.2) is 40.9 Å². The maximum absolute atomic E-state index is 12.2. The Kier molecular flexibility index (Phi) is 6.24. The van der Waals surface area contributed by atoms with Gasteiger partial charge in [0.05, 0.1) is 27.1 Å². The van der Waals surface area contributed by atoms with E-state index >= 15 is 0 Å². The lowest BCUT2D eigenvalue weighted by atomic mass is 10.2. The van der Waals surface area contributed by atoms with E-state index in [1.54, 1.807) is 12.1 Å². The van der Waals surface area contributed by atoms with Gasteiger partial charge >= 0.3 is 5.97 Å². The van der Waals surface area contributed by atoms with E-state index in [1.165, 1.54) is 12.1 Å². The summed E-state index contributed by atoms with van der Waals surface area (Å²) >= 11 is 3.32. The van der Waals surface area contributed by atoms with E-state index in [9.17, 15) is 19.7 Å². The van der Waals surface area contributed by atoms with Gasteiger partial charge in [0.15, 0.2) is 6.29 Å². The number of carbonyl (C=O) groups excluding carboxylic acids is 2. The standard InChI is InChI=1S/C17H14BrNO6/c1-2-7-24-16-5-3-11(9-14(16)18)17(21)25-15-6-4-13(19(22)23)8-12(15)10-20/h3-6,8-10H,2,7H2,1H3. The van der Waals surface area contributed by atoms with Crippen molar-refractivity contribution in [1.29, 1.82) is 0 Å². The fraction of sp³-hybridized carbons (Fsp3) is 0.176. The zero-order chi connectivity index (χ0) is 18.4. The van der Waals surface area contributed by atoms with Crippen LogP contribution in [0.3, 0.4) is 0 Å². The molecule has 0 aliphatic rings. The number of nitro benzene ring substituents is 1. The van der Waals surface area contributed by atoms with Gasteiger partial charge in [0.25, 0.3) is 5.69 Å². The summed E-state index contributed by atoms with van der Waals surface area (Å²) in [6.07, 6.45) is 1.25. The Morgan fingerprint density at radius 1 is 1.24 bits per heavy atom. The van der Waals surface area contributed by atoms with Gasteiger partial charge in [0.1, 0.15) is 11.5 Å². The zero-order valence-corrected chi connectivity index (χ0v) is 14.8. The van der Waals surface area contributed by atoms with Gasteiger partial charge in [-0.1, -0.05) is 6.92 Å². The molecule has 0 N–H and O–H groups in total. The lowest BCUT2D eigenvalue weighted by molar-refractivity contribution is -0.384. The molecule has 8 heteroatoms. The summed E-state index contributed by atoms with van der Waals surface area (Å²) in [5, 5.41) is 10.7. The first kappa shape index (κ1) is 18.6. The highest BCUT2D eigenvalue weighted by atomic mass is 79.9. The number of ether oxygens (including phenoxy) is 2. The minimum absolute atomic E-state index is 0.0481. The largest absolute Gasteiger partial charge is 0.492 e. The average Bonchev–Trinajstić information content (AvgIpc) is 2.60. The Morgan fingerprint density at radius 3 is 2.56 bits per heavy atom. The molecule has 0 saturated heterocycles. The minimum atomic E-state index is -0.695. The number of nitro groups is 1. The van der Waals surface area contributed by atoms with Crippen LogP contribution in [0.2, 0.25) is 0 Å². The number of benzene rings is 2. The van der Waals surface area contributed by atoms with Crippen molar-refractivity contribution in [1.82, 2.24) is 0 Å². The van der Waals surface area contributed by atoms with Gasteiger partial charge in [-0.25, -0.2) is 4.79 Å². The van der Waals surface area contributed by atoms with E-state index in [4.69, 9.17) is 9.47 Å². The first-order valence-corrected chi connectivity index (χ1v) is 8.13. The third-order valence-electron chi connectivity index (χ3n) is 3.16. The van der Waals surface area contributed by atoms with E-state index in [0.29, 0.717) is 23.1 Å². The molecule has 0 heterocycles. The molecule has 0 aliphatic heterocycles. The SMILES string of the molecule is CCCOc1ccc(C(=O)Oc2ccc([N+](=O)[O-])cc2C=O)cc1Br. The van der Waals surface area contributed by atoms with Gasteiger partial charge in [0.2, 0.25) is 0 Å². The number of carbonyl (C=O) groups is 2. The molecule has 0 radical (unpaired) electrons. The molecular formula is C17H14BrNO6. The molecule has 25 heavy (non-hydrogen) atoms. The Hall–Kier alpha value is -2.74. The number of halogens is 1. The summed E-state index contributed by atoms with van der Waals surface area (Å²) in [4.78, 5) is 33.4. The average molecular weight is 408 g/mol. The van der Waals surface area contributed by atoms with E-state index in [1.807, 2.05) is 6.92 Å². The molecule has 0 bridgehead atoms. The first-order chi connectivity index (χ1) is 12.0. The fourth-order valence-electron chi connectivity index (χ4n) is 1.95. The van der Waals surface area contributed by atoms with Gasteiger partial charge in [-0.15, -0.1) is 0 Å². The third-order valence-corrected chi connectivity index (χ3v) is 3.78. The molecule has 0 fully saturated rings. The minimum Gasteiger partial charge on any atom is -0.492 e. The molecule has 0 unspecified atom stereocenters. The second kappa shape index (κ2) is 8.39. The van der Waals surface area contributed by atoms with Crippen molar-refractivity contribution < 1.29 is 24.0 Å². The second-order valence-corrected chi connectivity index (χ2v) is 5.83. The Labute approximate surface area is 151 Å². The van der Waals surface area contributed by atoms with Crippen molar-refractivity contribution in [3.63, 3.8) is 0 Å². The molecule has 7 nitrogen and oxygen atoms in total. The van der Waals surface area contributed by atoms with Crippen molar-refractivity contribution >= 4 is 33.9 Å². The summed E-state index contributed by atoms with van der Waals surface area (Å²) in [5.41, 5.74) is -0.0995. The maximum Gasteiger partial charge on any atom is 0.343 e. The number of rotatable bonds is 7. The predicted octanol–water partition coefficient (Wildman–Crippen LogP) is 4.18. The normalized spacial score (nSPS) is 10.2. The fourth-order valence-corrected chi connectivity index (χ4v) is 2.44. The smallest absolute Gasteiger partial charge is 0.343 e. The van der Waals surface area contributed by atoms with Gasteiger partial charge in [-0.3, -0.25) is 14.9 Å². The van der Waals surface area contributed by atoms with E-state index in [2.05, 4.69) is 15.9 Å². The first-order valence-electron chi connectivity index (χ1n) is 7.34. The van der Waals surface area contributed by atoms with Crippen LogP contribution >= 0.6 is 15.9 Å². The summed E-state index contributed by atoms with van der Waals surface area (Å²) < 4.78 is 11.3. The van der Waals surface area contributed by atoms with Crippen LogP contribution < -0.4 is 9.47 Å². The molecule has 2 rings (SSSR count). The number of hydrogen-bond donors (Lipinski definition) is 0. The van der Waals surface area contributed by atoms with Gasteiger partial charge in [0, 0.05) is 12.1 Å². The van der Waals surface area contributed by atoms with Crippen molar-refractivity contribution in [2.45, 2.75) is 13.3 Å². The van der Waals surface area contributed by atoms with Gasteiger partial charge in [-0.2, -0.15) is 0 Å². The molecule has 130 valence electrons. The highest BCUT2D eigenvalue weighted by Gasteiger charge is 2.16. The van der Waals surface area contributed by atoms with E-state index < -0.39 is 10.9 Å². The monoisotopic (exact) mass is 407 g/mol. The van der Waals surface area contributed by atoms with Crippen molar-refractivity contribution in [3.8, 4) is 11.5 Å². The van der Waals surface area contributed by atoms with Gasteiger partial charge < -0.3 is 9.47 Å².